The molecule has 3 rings (SSSR count). The Bertz CT molecular complexity index is 911. The Morgan fingerprint density at radius 1 is 1.19 bits per heavy atom. The second-order valence-corrected chi connectivity index (χ2v) is 8.47. The SMILES string of the molecule is Cc1cc(OCCCC(=O)Nc2cccc(CN3CCC(C(N)=O)CC3)c2)ccc1Cl. The third kappa shape index (κ3) is 7.26. The first-order valence-corrected chi connectivity index (χ1v) is 11.1. The Balaban J connectivity index is 1.40. The highest BCUT2D eigenvalue weighted by molar-refractivity contribution is 6.31. The summed E-state index contributed by atoms with van der Waals surface area (Å²) >= 11 is 6.02. The molecule has 0 aromatic heterocycles. The summed E-state index contributed by atoms with van der Waals surface area (Å²) in [4.78, 5) is 25.9. The van der Waals surface area contributed by atoms with Gasteiger partial charge in [-0.2, -0.15) is 0 Å². The van der Waals surface area contributed by atoms with E-state index in [0.29, 0.717) is 24.5 Å². The molecular weight excluding hydrogens is 414 g/mol. The predicted octanol–water partition coefficient (Wildman–Crippen LogP) is 4.14. The second kappa shape index (κ2) is 11.2. The predicted molar refractivity (Wildman–Crippen MR) is 123 cm³/mol. The van der Waals surface area contributed by atoms with E-state index in [-0.39, 0.29) is 17.7 Å². The van der Waals surface area contributed by atoms with E-state index in [2.05, 4.69) is 16.3 Å². The van der Waals surface area contributed by atoms with Gasteiger partial charge in [0.1, 0.15) is 5.75 Å². The number of halogens is 1. The maximum absolute atomic E-state index is 12.3. The fourth-order valence-corrected chi connectivity index (χ4v) is 3.85. The van der Waals surface area contributed by atoms with Crippen molar-refractivity contribution < 1.29 is 14.3 Å². The zero-order chi connectivity index (χ0) is 22.2. The zero-order valence-corrected chi connectivity index (χ0v) is 18.7. The number of nitrogens with two attached hydrogens (primary N) is 1. The van der Waals surface area contributed by atoms with Crippen molar-refractivity contribution >= 4 is 29.1 Å². The van der Waals surface area contributed by atoms with Crippen LogP contribution in [0.2, 0.25) is 5.02 Å². The summed E-state index contributed by atoms with van der Waals surface area (Å²) in [5.74, 6) is 0.526. The zero-order valence-electron chi connectivity index (χ0n) is 17.9. The summed E-state index contributed by atoms with van der Waals surface area (Å²) in [6.07, 6.45) is 2.63. The van der Waals surface area contributed by atoms with Crippen LogP contribution in [0.4, 0.5) is 5.69 Å². The van der Waals surface area contributed by atoms with Crippen LogP contribution in [0.15, 0.2) is 42.5 Å². The molecule has 2 amide bonds. The minimum absolute atomic E-state index is 0.00503. The van der Waals surface area contributed by atoms with E-state index < -0.39 is 0 Å². The van der Waals surface area contributed by atoms with Crippen molar-refractivity contribution in [1.82, 2.24) is 4.90 Å². The lowest BCUT2D eigenvalue weighted by molar-refractivity contribution is -0.123. The van der Waals surface area contributed by atoms with Crippen LogP contribution < -0.4 is 15.8 Å². The smallest absolute Gasteiger partial charge is 0.224 e. The van der Waals surface area contributed by atoms with Gasteiger partial charge >= 0.3 is 0 Å². The minimum atomic E-state index is -0.196. The number of carbonyl (C=O) groups excluding carboxylic acids is 2. The molecular formula is C24H30ClN3O3. The summed E-state index contributed by atoms with van der Waals surface area (Å²) in [6, 6.07) is 13.4. The maximum atomic E-state index is 12.3. The highest BCUT2D eigenvalue weighted by atomic mass is 35.5. The van der Waals surface area contributed by atoms with E-state index in [1.807, 2.05) is 43.3 Å². The van der Waals surface area contributed by atoms with E-state index in [1.165, 1.54) is 0 Å². The largest absolute Gasteiger partial charge is 0.494 e. The number of carbonyl (C=O) groups is 2. The molecule has 1 heterocycles. The van der Waals surface area contributed by atoms with Crippen molar-refractivity contribution in [2.45, 2.75) is 39.2 Å². The Morgan fingerprint density at radius 3 is 2.68 bits per heavy atom. The van der Waals surface area contributed by atoms with E-state index in [0.717, 1.165) is 55.0 Å². The Kier molecular flexibility index (Phi) is 8.32. The molecule has 3 N–H and O–H groups in total. The molecule has 1 aliphatic heterocycles. The molecule has 7 heteroatoms. The Morgan fingerprint density at radius 2 is 1.97 bits per heavy atom. The lowest BCUT2D eigenvalue weighted by atomic mass is 9.96. The molecule has 0 spiro atoms. The van der Waals surface area contributed by atoms with E-state index in [1.54, 1.807) is 0 Å². The van der Waals surface area contributed by atoms with Gasteiger partial charge < -0.3 is 15.8 Å². The average molecular weight is 444 g/mol. The first-order chi connectivity index (χ1) is 14.9. The molecule has 0 unspecified atom stereocenters. The molecule has 1 aliphatic rings. The first kappa shape index (κ1) is 23.1. The third-order valence-electron chi connectivity index (χ3n) is 5.55. The van der Waals surface area contributed by atoms with Crippen LogP contribution in [0.3, 0.4) is 0 Å². The van der Waals surface area contributed by atoms with Crippen LogP contribution in [0.25, 0.3) is 0 Å². The molecule has 0 aliphatic carbocycles. The molecule has 0 radical (unpaired) electrons. The first-order valence-electron chi connectivity index (χ1n) is 10.7. The molecule has 166 valence electrons. The number of benzene rings is 2. The fourth-order valence-electron chi connectivity index (χ4n) is 3.73. The number of likely N-dealkylation sites (tertiary alicyclic amines) is 1. The van der Waals surface area contributed by atoms with Gasteiger partial charge in [-0.1, -0.05) is 23.7 Å². The number of nitrogens with one attached hydrogen (secondary N) is 1. The van der Waals surface area contributed by atoms with Crippen molar-refractivity contribution in [1.29, 1.82) is 0 Å². The standard InChI is InChI=1S/C24H30ClN3O3/c1-17-14-21(7-8-22(17)25)31-13-3-6-23(29)27-20-5-2-4-18(15-20)16-28-11-9-19(10-12-28)24(26)30/h2,4-5,7-8,14-15,19H,3,6,9-13,16H2,1H3,(H2,26,30)(H,27,29). The average Bonchev–Trinajstić information content (AvgIpc) is 2.74. The van der Waals surface area contributed by atoms with Gasteiger partial charge in [0.25, 0.3) is 0 Å². The van der Waals surface area contributed by atoms with Crippen LogP contribution in [-0.2, 0) is 16.1 Å². The Labute approximate surface area is 188 Å². The van der Waals surface area contributed by atoms with Crippen LogP contribution >= 0.6 is 11.6 Å². The number of piperidine rings is 1. The van der Waals surface area contributed by atoms with E-state index in [4.69, 9.17) is 22.1 Å². The van der Waals surface area contributed by atoms with Crippen LogP contribution in [-0.4, -0.2) is 36.4 Å². The van der Waals surface area contributed by atoms with E-state index >= 15 is 0 Å². The van der Waals surface area contributed by atoms with Crippen LogP contribution in [0, 0.1) is 12.8 Å². The lowest BCUT2D eigenvalue weighted by Gasteiger charge is -2.30. The number of hydrogen-bond donors (Lipinski definition) is 2. The fraction of sp³-hybridized carbons (Fsp3) is 0.417. The second-order valence-electron chi connectivity index (χ2n) is 8.06. The van der Waals surface area contributed by atoms with Crippen LogP contribution in [0.1, 0.15) is 36.8 Å². The van der Waals surface area contributed by atoms with Gasteiger partial charge in [-0.15, -0.1) is 0 Å². The summed E-state index contributed by atoms with van der Waals surface area (Å²) in [7, 11) is 0. The molecule has 0 bridgehead atoms. The van der Waals surface area contributed by atoms with Crippen molar-refractivity contribution in [2.24, 2.45) is 11.7 Å². The van der Waals surface area contributed by atoms with E-state index in [9.17, 15) is 9.59 Å². The number of primary amides is 1. The van der Waals surface area contributed by atoms with Gasteiger partial charge in [0.05, 0.1) is 6.61 Å². The number of hydrogen-bond acceptors (Lipinski definition) is 4. The number of rotatable bonds is 9. The van der Waals surface area contributed by atoms with Crippen molar-refractivity contribution in [2.75, 3.05) is 25.0 Å². The maximum Gasteiger partial charge on any atom is 0.224 e. The number of ether oxygens (including phenoxy) is 1. The summed E-state index contributed by atoms with van der Waals surface area (Å²) < 4.78 is 5.70. The van der Waals surface area contributed by atoms with Gasteiger partial charge in [-0.05, 0) is 80.7 Å². The normalized spacial score (nSPS) is 14.9. The molecule has 6 nitrogen and oxygen atoms in total. The van der Waals surface area contributed by atoms with Gasteiger partial charge in [0.15, 0.2) is 0 Å². The Hall–Kier alpha value is -2.57. The summed E-state index contributed by atoms with van der Waals surface area (Å²) in [5, 5.41) is 3.68. The topological polar surface area (TPSA) is 84.7 Å². The number of aryl methyl sites for hydroxylation is 1. The van der Waals surface area contributed by atoms with Crippen molar-refractivity contribution in [3.63, 3.8) is 0 Å². The molecule has 0 saturated carbocycles. The lowest BCUT2D eigenvalue weighted by Crippen LogP contribution is -2.38. The quantitative estimate of drug-likeness (QED) is 0.570. The molecule has 1 saturated heterocycles. The number of nitrogens with zero attached hydrogens (tertiary/aromatic N) is 1. The summed E-state index contributed by atoms with van der Waals surface area (Å²) in [5.41, 5.74) is 8.30. The van der Waals surface area contributed by atoms with Gasteiger partial charge in [0.2, 0.25) is 11.8 Å². The molecule has 2 aromatic rings. The molecule has 2 aromatic carbocycles. The minimum Gasteiger partial charge on any atom is -0.494 e. The van der Waals surface area contributed by atoms with Gasteiger partial charge in [-0.3, -0.25) is 14.5 Å². The van der Waals surface area contributed by atoms with Crippen molar-refractivity contribution in [3.05, 3.63) is 58.6 Å². The number of anilines is 1. The molecule has 31 heavy (non-hydrogen) atoms. The molecule has 0 atom stereocenters. The number of amides is 2. The van der Waals surface area contributed by atoms with Crippen molar-refractivity contribution in [3.8, 4) is 5.75 Å². The molecule has 1 fully saturated rings. The third-order valence-corrected chi connectivity index (χ3v) is 5.98. The van der Waals surface area contributed by atoms with Gasteiger partial charge in [-0.25, -0.2) is 0 Å². The highest BCUT2D eigenvalue weighted by Crippen LogP contribution is 2.22. The highest BCUT2D eigenvalue weighted by Gasteiger charge is 2.23. The van der Waals surface area contributed by atoms with Gasteiger partial charge in [0, 0.05) is 29.6 Å². The summed E-state index contributed by atoms with van der Waals surface area (Å²) in [6.45, 7) is 4.91. The van der Waals surface area contributed by atoms with Crippen LogP contribution in [0.5, 0.6) is 5.75 Å². The monoisotopic (exact) mass is 443 g/mol.